The second kappa shape index (κ2) is 6.75. The van der Waals surface area contributed by atoms with Gasteiger partial charge in [0.25, 0.3) is 0 Å². The van der Waals surface area contributed by atoms with Gasteiger partial charge in [-0.25, -0.2) is 4.39 Å². The van der Waals surface area contributed by atoms with Gasteiger partial charge in [-0.1, -0.05) is 12.1 Å². The number of likely N-dealkylation sites (tertiary alicyclic amines) is 1. The van der Waals surface area contributed by atoms with Crippen LogP contribution in [0.25, 0.3) is 0 Å². The summed E-state index contributed by atoms with van der Waals surface area (Å²) in [5.74, 6) is -0.359. The molecule has 1 aliphatic heterocycles. The van der Waals surface area contributed by atoms with Crippen molar-refractivity contribution in [1.82, 2.24) is 10.2 Å². The molecule has 5 nitrogen and oxygen atoms in total. The summed E-state index contributed by atoms with van der Waals surface area (Å²) in [5.41, 5.74) is -0.307. The third-order valence-corrected chi connectivity index (χ3v) is 5.58. The van der Waals surface area contributed by atoms with Gasteiger partial charge in [0.15, 0.2) is 0 Å². The van der Waals surface area contributed by atoms with E-state index in [2.05, 4.69) is 5.32 Å². The average molecular weight is 348 g/mol. The Hall–Kier alpha value is -1.95. The molecule has 136 valence electrons. The number of carbonyl (C=O) groups is 2. The number of hydrogen-bond acceptors (Lipinski definition) is 3. The average Bonchev–Trinajstić information content (AvgIpc) is 3.32. The van der Waals surface area contributed by atoms with Gasteiger partial charge < -0.3 is 15.0 Å². The van der Waals surface area contributed by atoms with Crippen LogP contribution >= 0.6 is 0 Å². The van der Waals surface area contributed by atoms with Gasteiger partial charge in [0.1, 0.15) is 5.82 Å². The summed E-state index contributed by atoms with van der Waals surface area (Å²) >= 11 is 0. The van der Waals surface area contributed by atoms with Crippen LogP contribution in [0.4, 0.5) is 4.39 Å². The van der Waals surface area contributed by atoms with E-state index in [1.807, 2.05) is 4.90 Å². The maximum absolute atomic E-state index is 13.4. The van der Waals surface area contributed by atoms with Crippen molar-refractivity contribution in [1.29, 1.82) is 0 Å². The van der Waals surface area contributed by atoms with Crippen LogP contribution in [0.2, 0.25) is 0 Å². The van der Waals surface area contributed by atoms with Crippen molar-refractivity contribution in [2.45, 2.75) is 43.1 Å². The third kappa shape index (κ3) is 3.15. The Morgan fingerprint density at radius 1 is 1.24 bits per heavy atom. The number of benzene rings is 1. The van der Waals surface area contributed by atoms with Crippen molar-refractivity contribution >= 4 is 11.8 Å². The zero-order chi connectivity index (χ0) is 18.1. The molecule has 2 amide bonds. The first-order valence-corrected chi connectivity index (χ1v) is 8.75. The lowest BCUT2D eigenvalue weighted by Gasteiger charge is -2.39. The van der Waals surface area contributed by atoms with E-state index in [9.17, 15) is 14.0 Å². The van der Waals surface area contributed by atoms with Crippen molar-refractivity contribution in [2.24, 2.45) is 0 Å². The predicted molar refractivity (Wildman–Crippen MR) is 91.5 cm³/mol. The molecule has 1 aromatic carbocycles. The summed E-state index contributed by atoms with van der Waals surface area (Å²) in [6.07, 6.45) is 3.36. The van der Waals surface area contributed by atoms with Crippen LogP contribution in [0.5, 0.6) is 0 Å². The van der Waals surface area contributed by atoms with Gasteiger partial charge in [-0.3, -0.25) is 9.59 Å². The second-order valence-corrected chi connectivity index (χ2v) is 7.16. The lowest BCUT2D eigenvalue weighted by atomic mass is 9.88. The number of halogens is 1. The van der Waals surface area contributed by atoms with E-state index < -0.39 is 11.0 Å². The molecule has 2 aliphatic rings. The van der Waals surface area contributed by atoms with Crippen LogP contribution < -0.4 is 5.32 Å². The van der Waals surface area contributed by atoms with Gasteiger partial charge in [-0.05, 0) is 43.4 Å². The highest BCUT2D eigenvalue weighted by Gasteiger charge is 2.57. The molecule has 25 heavy (non-hydrogen) atoms. The Labute approximate surface area is 147 Å². The largest absolute Gasteiger partial charge is 0.382 e. The Kier molecular flexibility index (Phi) is 4.82. The summed E-state index contributed by atoms with van der Waals surface area (Å²) in [6, 6.07) is 6.21. The smallest absolute Gasteiger partial charge is 0.233 e. The molecule has 0 spiro atoms. The lowest BCUT2D eigenvalue weighted by molar-refractivity contribution is -0.142. The Morgan fingerprint density at radius 3 is 2.48 bits per heavy atom. The molecule has 1 atom stereocenters. The fourth-order valence-corrected chi connectivity index (χ4v) is 4.07. The summed E-state index contributed by atoms with van der Waals surface area (Å²) in [4.78, 5) is 27.3. The molecule has 1 heterocycles. The molecule has 1 aliphatic carbocycles. The van der Waals surface area contributed by atoms with E-state index in [1.54, 1.807) is 26.3 Å². The zero-order valence-electron chi connectivity index (χ0n) is 14.8. The van der Waals surface area contributed by atoms with Crippen LogP contribution in [-0.2, 0) is 19.7 Å². The fraction of sp³-hybridized carbons (Fsp3) is 0.579. The molecule has 1 saturated carbocycles. The van der Waals surface area contributed by atoms with Crippen molar-refractivity contribution in [3.63, 3.8) is 0 Å². The molecule has 1 saturated heterocycles. The van der Waals surface area contributed by atoms with Gasteiger partial charge >= 0.3 is 0 Å². The number of carbonyl (C=O) groups excluding carboxylic acids is 2. The SMILES string of the molecule is CNC(=O)C[C@]1(COC)CCCN1C(=O)C1(c2ccc(F)cc2)CC1. The van der Waals surface area contributed by atoms with Crippen LogP contribution in [0.1, 0.15) is 37.7 Å². The first kappa shape index (κ1) is 17.9. The van der Waals surface area contributed by atoms with Gasteiger partial charge in [-0.2, -0.15) is 0 Å². The third-order valence-electron chi connectivity index (χ3n) is 5.58. The second-order valence-electron chi connectivity index (χ2n) is 7.16. The number of rotatable bonds is 6. The molecule has 3 rings (SSSR count). The maximum Gasteiger partial charge on any atom is 0.233 e. The highest BCUT2D eigenvalue weighted by atomic mass is 19.1. The highest BCUT2D eigenvalue weighted by Crippen LogP contribution is 2.51. The van der Waals surface area contributed by atoms with Crippen LogP contribution in [-0.4, -0.2) is 49.6 Å². The molecule has 0 bridgehead atoms. The number of ether oxygens (including phenoxy) is 1. The zero-order valence-corrected chi connectivity index (χ0v) is 14.8. The molecule has 1 aromatic rings. The van der Waals surface area contributed by atoms with Gasteiger partial charge in [0, 0.05) is 20.7 Å². The molecule has 0 radical (unpaired) electrons. The molecule has 1 N–H and O–H groups in total. The van der Waals surface area contributed by atoms with Crippen LogP contribution in [0.15, 0.2) is 24.3 Å². The minimum atomic E-state index is -0.596. The number of amides is 2. The van der Waals surface area contributed by atoms with Crippen LogP contribution in [0, 0.1) is 5.82 Å². The number of nitrogens with one attached hydrogen (secondary N) is 1. The van der Waals surface area contributed by atoms with Gasteiger partial charge in [0.05, 0.1) is 24.0 Å². The van der Waals surface area contributed by atoms with Gasteiger partial charge in [-0.15, -0.1) is 0 Å². The molecule has 2 fully saturated rings. The summed E-state index contributed by atoms with van der Waals surface area (Å²) in [5, 5.41) is 2.65. The summed E-state index contributed by atoms with van der Waals surface area (Å²) in [6.45, 7) is 0.966. The van der Waals surface area contributed by atoms with E-state index in [-0.39, 0.29) is 24.1 Å². The number of hydrogen-bond donors (Lipinski definition) is 1. The Balaban J connectivity index is 1.89. The van der Waals surface area contributed by atoms with Crippen molar-refractivity contribution in [3.8, 4) is 0 Å². The number of nitrogens with zero attached hydrogens (tertiary/aromatic N) is 1. The van der Waals surface area contributed by atoms with E-state index >= 15 is 0 Å². The first-order valence-electron chi connectivity index (χ1n) is 8.75. The minimum absolute atomic E-state index is 0.0394. The Bertz CT molecular complexity index is 657. The van der Waals surface area contributed by atoms with Crippen molar-refractivity contribution < 1.29 is 18.7 Å². The van der Waals surface area contributed by atoms with E-state index in [4.69, 9.17) is 4.74 Å². The first-order chi connectivity index (χ1) is 12.0. The molecule has 6 heteroatoms. The normalized spacial score (nSPS) is 24.2. The highest BCUT2D eigenvalue weighted by molar-refractivity contribution is 5.92. The van der Waals surface area contributed by atoms with E-state index in [1.165, 1.54) is 12.1 Å². The predicted octanol–water partition coefficient (Wildman–Crippen LogP) is 2.00. The van der Waals surface area contributed by atoms with Crippen LogP contribution in [0.3, 0.4) is 0 Å². The lowest BCUT2D eigenvalue weighted by Crippen LogP contribution is -2.55. The minimum Gasteiger partial charge on any atom is -0.382 e. The van der Waals surface area contributed by atoms with E-state index in [0.717, 1.165) is 31.2 Å². The van der Waals surface area contributed by atoms with E-state index in [0.29, 0.717) is 13.2 Å². The molecule has 0 unspecified atom stereocenters. The van der Waals surface area contributed by atoms with Gasteiger partial charge in [0.2, 0.25) is 11.8 Å². The standard InChI is InChI=1S/C19H25FN2O3/c1-21-16(23)12-18(13-25-2)8-3-11-22(18)17(24)19(9-10-19)14-4-6-15(20)7-5-14/h4-7H,3,8-13H2,1-2H3,(H,21,23)/t18-/m0/s1. The van der Waals surface area contributed by atoms with Crippen molar-refractivity contribution in [3.05, 3.63) is 35.6 Å². The molecular formula is C19H25FN2O3. The maximum atomic E-state index is 13.4. The van der Waals surface area contributed by atoms with Crippen molar-refractivity contribution in [2.75, 3.05) is 27.3 Å². The molecule has 0 aromatic heterocycles. The summed E-state index contributed by atoms with van der Waals surface area (Å²) < 4.78 is 18.6. The summed E-state index contributed by atoms with van der Waals surface area (Å²) in [7, 11) is 3.20. The Morgan fingerprint density at radius 2 is 1.92 bits per heavy atom. The quantitative estimate of drug-likeness (QED) is 0.855. The fourth-order valence-electron chi connectivity index (χ4n) is 4.07. The topological polar surface area (TPSA) is 58.6 Å². The number of methoxy groups -OCH3 is 1. The molecular weight excluding hydrogens is 323 g/mol. The monoisotopic (exact) mass is 348 g/mol.